The molecule has 0 aromatic heterocycles. The summed E-state index contributed by atoms with van der Waals surface area (Å²) in [6, 6.07) is 18.0. The quantitative estimate of drug-likeness (QED) is 0.506. The minimum atomic E-state index is -1.06. The lowest BCUT2D eigenvalue weighted by molar-refractivity contribution is 0.0698. The SMILES string of the molecule is Cc1c(OCc2ccccc2)ccc(C(=O)O)c1Nc1c(Cl)cccc1Cl. The molecule has 0 aliphatic heterocycles. The van der Waals surface area contributed by atoms with Crippen LogP contribution in [0, 0.1) is 6.92 Å². The Hall–Kier alpha value is -2.69. The van der Waals surface area contributed by atoms with E-state index in [1.165, 1.54) is 6.07 Å². The molecule has 0 radical (unpaired) electrons. The fraction of sp³-hybridized carbons (Fsp3) is 0.0952. The van der Waals surface area contributed by atoms with Crippen LogP contribution in [0.3, 0.4) is 0 Å². The molecule has 0 spiro atoms. The van der Waals surface area contributed by atoms with Crippen molar-refractivity contribution < 1.29 is 14.6 Å². The monoisotopic (exact) mass is 401 g/mol. The van der Waals surface area contributed by atoms with Gasteiger partial charge >= 0.3 is 5.97 Å². The maximum atomic E-state index is 11.7. The van der Waals surface area contributed by atoms with Crippen molar-refractivity contribution in [2.24, 2.45) is 0 Å². The molecule has 0 atom stereocenters. The first-order valence-electron chi connectivity index (χ1n) is 8.22. The van der Waals surface area contributed by atoms with E-state index in [-0.39, 0.29) is 5.56 Å². The molecule has 0 saturated heterocycles. The first kappa shape index (κ1) is 19.1. The van der Waals surface area contributed by atoms with Gasteiger partial charge in [0.1, 0.15) is 12.4 Å². The highest BCUT2D eigenvalue weighted by atomic mass is 35.5. The van der Waals surface area contributed by atoms with Crippen LogP contribution < -0.4 is 10.1 Å². The third-order valence-corrected chi connectivity index (χ3v) is 4.73. The highest BCUT2D eigenvalue weighted by Gasteiger charge is 2.18. The zero-order valence-electron chi connectivity index (χ0n) is 14.5. The molecule has 138 valence electrons. The maximum absolute atomic E-state index is 11.7. The standard InChI is InChI=1S/C21H17Cl2NO3/c1-13-18(27-12-14-6-3-2-4-7-14)11-10-15(21(25)26)19(13)24-20-16(22)8-5-9-17(20)23/h2-11,24H,12H2,1H3,(H,25,26). The molecule has 0 amide bonds. The molecule has 0 bridgehead atoms. The Morgan fingerprint density at radius 3 is 2.26 bits per heavy atom. The highest BCUT2D eigenvalue weighted by Crippen LogP contribution is 2.37. The minimum absolute atomic E-state index is 0.107. The predicted molar refractivity (Wildman–Crippen MR) is 109 cm³/mol. The zero-order chi connectivity index (χ0) is 19.4. The second-order valence-corrected chi connectivity index (χ2v) is 6.73. The second kappa shape index (κ2) is 8.33. The number of carboxylic acids is 1. The Bertz CT molecular complexity index is 954. The zero-order valence-corrected chi connectivity index (χ0v) is 16.0. The lowest BCUT2D eigenvalue weighted by Gasteiger charge is -2.18. The maximum Gasteiger partial charge on any atom is 0.337 e. The van der Waals surface area contributed by atoms with Gasteiger partial charge in [0.05, 0.1) is 27.0 Å². The van der Waals surface area contributed by atoms with E-state index in [1.54, 1.807) is 31.2 Å². The van der Waals surface area contributed by atoms with Crippen molar-refractivity contribution in [3.63, 3.8) is 0 Å². The molecule has 0 unspecified atom stereocenters. The third-order valence-electron chi connectivity index (χ3n) is 4.10. The number of carboxylic acid groups (broad SMARTS) is 1. The summed E-state index contributed by atoms with van der Waals surface area (Å²) in [6.07, 6.45) is 0. The summed E-state index contributed by atoms with van der Waals surface area (Å²) in [4.78, 5) is 11.7. The fourth-order valence-corrected chi connectivity index (χ4v) is 3.16. The average molecular weight is 402 g/mol. The molecule has 3 rings (SSSR count). The molecule has 0 fully saturated rings. The topological polar surface area (TPSA) is 58.6 Å². The molecule has 3 aromatic carbocycles. The Morgan fingerprint density at radius 2 is 1.63 bits per heavy atom. The molecule has 0 heterocycles. The number of hydrogen-bond acceptors (Lipinski definition) is 3. The van der Waals surface area contributed by atoms with E-state index in [0.29, 0.717) is 39.3 Å². The Morgan fingerprint density at radius 1 is 0.963 bits per heavy atom. The summed E-state index contributed by atoms with van der Waals surface area (Å²) in [6.45, 7) is 2.17. The normalized spacial score (nSPS) is 10.5. The summed E-state index contributed by atoms with van der Waals surface area (Å²) < 4.78 is 5.90. The lowest BCUT2D eigenvalue weighted by Crippen LogP contribution is -2.07. The van der Waals surface area contributed by atoms with Crippen molar-refractivity contribution in [3.8, 4) is 5.75 Å². The van der Waals surface area contributed by atoms with Crippen LogP contribution in [0.5, 0.6) is 5.75 Å². The van der Waals surface area contributed by atoms with Gasteiger partial charge in [0.15, 0.2) is 0 Å². The van der Waals surface area contributed by atoms with E-state index in [0.717, 1.165) is 5.56 Å². The molecule has 27 heavy (non-hydrogen) atoms. The van der Waals surface area contributed by atoms with Gasteiger partial charge in [-0.15, -0.1) is 0 Å². The number of aromatic carboxylic acids is 1. The van der Waals surface area contributed by atoms with E-state index in [2.05, 4.69) is 5.32 Å². The molecule has 0 aliphatic rings. The van der Waals surface area contributed by atoms with Crippen molar-refractivity contribution in [2.45, 2.75) is 13.5 Å². The average Bonchev–Trinajstić information content (AvgIpc) is 2.65. The van der Waals surface area contributed by atoms with Gasteiger partial charge in [-0.05, 0) is 36.8 Å². The van der Waals surface area contributed by atoms with Crippen molar-refractivity contribution in [1.29, 1.82) is 0 Å². The van der Waals surface area contributed by atoms with E-state index >= 15 is 0 Å². The molecule has 4 nitrogen and oxygen atoms in total. The van der Waals surface area contributed by atoms with Gasteiger partial charge in [-0.25, -0.2) is 4.79 Å². The van der Waals surface area contributed by atoms with Crippen LogP contribution in [-0.2, 0) is 6.61 Å². The highest BCUT2D eigenvalue weighted by molar-refractivity contribution is 6.39. The van der Waals surface area contributed by atoms with Crippen molar-refractivity contribution in [1.82, 2.24) is 0 Å². The molecule has 2 N–H and O–H groups in total. The van der Waals surface area contributed by atoms with Crippen LogP contribution in [0.15, 0.2) is 60.7 Å². The number of carbonyl (C=O) groups is 1. The number of halogens is 2. The van der Waals surface area contributed by atoms with Gasteiger partial charge in [-0.1, -0.05) is 59.6 Å². The smallest absolute Gasteiger partial charge is 0.337 e. The van der Waals surface area contributed by atoms with E-state index in [4.69, 9.17) is 27.9 Å². The molecule has 0 saturated carbocycles. The van der Waals surface area contributed by atoms with Crippen LogP contribution >= 0.6 is 23.2 Å². The van der Waals surface area contributed by atoms with Gasteiger partial charge in [-0.2, -0.15) is 0 Å². The van der Waals surface area contributed by atoms with Gasteiger partial charge in [-0.3, -0.25) is 0 Å². The summed E-state index contributed by atoms with van der Waals surface area (Å²) in [5.74, 6) is -0.479. The largest absolute Gasteiger partial charge is 0.489 e. The fourth-order valence-electron chi connectivity index (χ4n) is 2.67. The van der Waals surface area contributed by atoms with Gasteiger partial charge in [0.25, 0.3) is 0 Å². The molecule has 3 aromatic rings. The second-order valence-electron chi connectivity index (χ2n) is 5.91. The number of rotatable bonds is 6. The van der Waals surface area contributed by atoms with Crippen molar-refractivity contribution >= 4 is 40.5 Å². The molecule has 6 heteroatoms. The van der Waals surface area contributed by atoms with Crippen molar-refractivity contribution in [2.75, 3.05) is 5.32 Å². The minimum Gasteiger partial charge on any atom is -0.489 e. The number of benzene rings is 3. The van der Waals surface area contributed by atoms with Crippen LogP contribution in [0.4, 0.5) is 11.4 Å². The molecular formula is C21H17Cl2NO3. The van der Waals surface area contributed by atoms with E-state index in [1.807, 2.05) is 30.3 Å². The lowest BCUT2D eigenvalue weighted by atomic mass is 10.1. The number of para-hydroxylation sites is 1. The summed E-state index contributed by atoms with van der Waals surface area (Å²) in [5, 5.41) is 13.4. The molecule has 0 aliphatic carbocycles. The molecular weight excluding hydrogens is 385 g/mol. The van der Waals surface area contributed by atoms with Crippen LogP contribution in [0.1, 0.15) is 21.5 Å². The summed E-state index contributed by atoms with van der Waals surface area (Å²) in [7, 11) is 0. The third kappa shape index (κ3) is 4.35. The number of anilines is 2. The van der Waals surface area contributed by atoms with E-state index < -0.39 is 5.97 Å². The number of nitrogens with one attached hydrogen (secondary N) is 1. The Kier molecular flexibility index (Phi) is 5.89. The predicted octanol–water partition coefficient (Wildman–Crippen LogP) is 6.32. The Labute approximate surface area is 167 Å². The summed E-state index contributed by atoms with van der Waals surface area (Å²) in [5.41, 5.74) is 2.62. The van der Waals surface area contributed by atoms with Crippen LogP contribution in [0.2, 0.25) is 10.0 Å². The van der Waals surface area contributed by atoms with E-state index in [9.17, 15) is 9.90 Å². The summed E-state index contributed by atoms with van der Waals surface area (Å²) >= 11 is 12.4. The van der Waals surface area contributed by atoms with Gasteiger partial charge in [0.2, 0.25) is 0 Å². The number of ether oxygens (including phenoxy) is 1. The first-order valence-corrected chi connectivity index (χ1v) is 8.97. The van der Waals surface area contributed by atoms with Crippen LogP contribution in [-0.4, -0.2) is 11.1 Å². The number of hydrogen-bond donors (Lipinski definition) is 2. The van der Waals surface area contributed by atoms with Crippen molar-refractivity contribution in [3.05, 3.63) is 87.4 Å². The van der Waals surface area contributed by atoms with Gasteiger partial charge < -0.3 is 15.2 Å². The first-order chi connectivity index (χ1) is 13.0. The van der Waals surface area contributed by atoms with Crippen LogP contribution in [0.25, 0.3) is 0 Å². The Balaban J connectivity index is 1.96. The van der Waals surface area contributed by atoms with Gasteiger partial charge in [0, 0.05) is 5.56 Å².